The highest BCUT2D eigenvalue weighted by Crippen LogP contribution is 2.50. The Balaban J connectivity index is 1.89. The highest BCUT2D eigenvalue weighted by atomic mass is 79.9. The lowest BCUT2D eigenvalue weighted by Crippen LogP contribution is -2.22. The summed E-state index contributed by atoms with van der Waals surface area (Å²) in [5.74, 6) is 1.70. The molecular weight excluding hydrogens is 472 g/mol. The highest BCUT2D eigenvalue weighted by molar-refractivity contribution is 9.09. The van der Waals surface area contributed by atoms with Crippen LogP contribution in [0.15, 0.2) is 35.9 Å². The first-order chi connectivity index (χ1) is 15.5. The van der Waals surface area contributed by atoms with Crippen LogP contribution in [-0.4, -0.2) is 39.1 Å². The lowest BCUT2D eigenvalue weighted by molar-refractivity contribution is -0.145. The second-order valence-corrected chi connectivity index (χ2v) is 8.38. The van der Waals surface area contributed by atoms with Gasteiger partial charge in [-0.2, -0.15) is 0 Å². The summed E-state index contributed by atoms with van der Waals surface area (Å²) < 4.78 is 29.9. The zero-order valence-electron chi connectivity index (χ0n) is 19.6. The zero-order chi connectivity index (χ0) is 23.1. The smallest absolute Gasteiger partial charge is 0.168 e. The molecule has 0 aromatic heterocycles. The predicted octanol–water partition coefficient (Wildman–Crippen LogP) is 6.00. The van der Waals surface area contributed by atoms with Crippen LogP contribution in [0.25, 0.3) is 6.08 Å². The van der Waals surface area contributed by atoms with Crippen LogP contribution >= 0.6 is 15.9 Å². The molecule has 6 heteroatoms. The third-order valence-corrected chi connectivity index (χ3v) is 6.21. The summed E-state index contributed by atoms with van der Waals surface area (Å²) in [5, 5.41) is 0.589. The van der Waals surface area contributed by atoms with Crippen LogP contribution in [0.2, 0.25) is 0 Å². The molecule has 0 heterocycles. The number of fused-ring (bicyclic) bond motifs is 1. The summed E-state index contributed by atoms with van der Waals surface area (Å²) in [6.45, 7) is 7.85. The van der Waals surface area contributed by atoms with Crippen molar-refractivity contribution >= 4 is 22.0 Å². The molecule has 0 radical (unpaired) electrons. The molecule has 2 aromatic carbocycles. The Kier molecular flexibility index (Phi) is 9.17. The van der Waals surface area contributed by atoms with Crippen LogP contribution in [0, 0.1) is 6.92 Å². The zero-order valence-corrected chi connectivity index (χ0v) is 21.2. The lowest BCUT2D eigenvalue weighted by Gasteiger charge is -2.26. The third-order valence-electron chi connectivity index (χ3n) is 5.68. The van der Waals surface area contributed by atoms with Crippen molar-refractivity contribution in [2.45, 2.75) is 46.2 Å². The summed E-state index contributed by atoms with van der Waals surface area (Å²) in [4.78, 5) is 0. The number of alkyl halides is 1. The molecule has 174 valence electrons. The normalized spacial score (nSPS) is 15.9. The molecule has 1 aliphatic rings. The molecule has 0 saturated carbocycles. The molecule has 5 nitrogen and oxygen atoms in total. The monoisotopic (exact) mass is 504 g/mol. The van der Waals surface area contributed by atoms with Crippen LogP contribution in [0.4, 0.5) is 0 Å². The number of ether oxygens (including phenoxy) is 5. The molecule has 0 aliphatic heterocycles. The van der Waals surface area contributed by atoms with E-state index in [4.69, 9.17) is 23.7 Å². The minimum atomic E-state index is -0.353. The van der Waals surface area contributed by atoms with Gasteiger partial charge in [-0.1, -0.05) is 46.3 Å². The molecule has 0 N–H and O–H groups in total. The van der Waals surface area contributed by atoms with E-state index in [-0.39, 0.29) is 12.4 Å². The van der Waals surface area contributed by atoms with Crippen molar-refractivity contribution in [2.24, 2.45) is 0 Å². The Bertz CT molecular complexity index is 926. The number of rotatable bonds is 12. The molecule has 2 aromatic rings. The number of hydrogen-bond acceptors (Lipinski definition) is 5. The summed E-state index contributed by atoms with van der Waals surface area (Å²) in [6, 6.07) is 10.2. The van der Waals surface area contributed by atoms with Gasteiger partial charge in [-0.25, -0.2) is 0 Å². The quantitative estimate of drug-likeness (QED) is 0.201. The molecule has 0 fully saturated rings. The van der Waals surface area contributed by atoms with Gasteiger partial charge >= 0.3 is 0 Å². The molecule has 0 amide bonds. The predicted molar refractivity (Wildman–Crippen MR) is 131 cm³/mol. The van der Waals surface area contributed by atoms with Crippen LogP contribution in [-0.2, 0) is 27.2 Å². The maximum absolute atomic E-state index is 6.36. The second-order valence-electron chi connectivity index (χ2n) is 7.73. The van der Waals surface area contributed by atoms with Crippen molar-refractivity contribution in [3.63, 3.8) is 0 Å². The Morgan fingerprint density at radius 3 is 2.38 bits per heavy atom. The van der Waals surface area contributed by atoms with Crippen LogP contribution in [0.1, 0.15) is 47.8 Å². The molecule has 0 saturated heterocycles. The van der Waals surface area contributed by atoms with E-state index in [1.165, 1.54) is 0 Å². The van der Waals surface area contributed by atoms with Crippen LogP contribution < -0.4 is 9.47 Å². The largest absolute Gasteiger partial charge is 0.496 e. The Labute approximate surface area is 199 Å². The summed E-state index contributed by atoms with van der Waals surface area (Å²) in [6.07, 6.45) is 2.23. The average molecular weight is 505 g/mol. The first-order valence-electron chi connectivity index (χ1n) is 11.0. The molecule has 0 bridgehead atoms. The SMILES string of the molecule is CCOC(CBr)O[C@H]1C(C)=Cc2c(OC)c(C)c(CCOCc3ccccc3)c(OC)c21. The van der Waals surface area contributed by atoms with E-state index in [1.54, 1.807) is 14.2 Å². The van der Waals surface area contributed by atoms with Gasteiger partial charge in [0, 0.05) is 23.3 Å². The van der Waals surface area contributed by atoms with Gasteiger partial charge in [-0.15, -0.1) is 0 Å². The molecular formula is C26H33BrO5. The maximum atomic E-state index is 6.36. The van der Waals surface area contributed by atoms with Gasteiger partial charge in [0.05, 0.1) is 32.8 Å². The van der Waals surface area contributed by atoms with Gasteiger partial charge < -0.3 is 23.7 Å². The number of halogens is 1. The topological polar surface area (TPSA) is 46.2 Å². The second kappa shape index (κ2) is 11.8. The Morgan fingerprint density at radius 2 is 1.75 bits per heavy atom. The highest BCUT2D eigenvalue weighted by Gasteiger charge is 2.34. The van der Waals surface area contributed by atoms with Crippen molar-refractivity contribution < 1.29 is 23.7 Å². The molecule has 1 aliphatic carbocycles. The first kappa shape index (κ1) is 24.8. The van der Waals surface area contributed by atoms with Gasteiger partial charge in [0.1, 0.15) is 17.6 Å². The lowest BCUT2D eigenvalue weighted by atomic mass is 9.94. The summed E-state index contributed by atoms with van der Waals surface area (Å²) in [5.41, 5.74) is 6.42. The first-order valence-corrected chi connectivity index (χ1v) is 12.1. The maximum Gasteiger partial charge on any atom is 0.168 e. The standard InChI is InChI=1S/C26H33BrO5/c1-6-31-22(15-27)32-24-17(2)14-21-23(24)26(29-5)20(18(3)25(21)28-4)12-13-30-16-19-10-8-7-9-11-19/h7-11,14,22,24H,6,12-13,15-16H2,1-5H3/t22?,24-/m0/s1. The van der Waals surface area contributed by atoms with Crippen molar-refractivity contribution in [2.75, 3.05) is 32.8 Å². The van der Waals surface area contributed by atoms with E-state index < -0.39 is 0 Å². The fourth-order valence-corrected chi connectivity index (χ4v) is 4.56. The van der Waals surface area contributed by atoms with Crippen LogP contribution in [0.5, 0.6) is 11.5 Å². The van der Waals surface area contributed by atoms with Gasteiger partial charge in [0.15, 0.2) is 6.29 Å². The van der Waals surface area contributed by atoms with Gasteiger partial charge in [-0.05, 0) is 50.0 Å². The van der Waals surface area contributed by atoms with Crippen molar-refractivity contribution in [3.05, 3.63) is 63.7 Å². The summed E-state index contributed by atoms with van der Waals surface area (Å²) >= 11 is 3.49. The van der Waals surface area contributed by atoms with Gasteiger partial charge in [-0.3, -0.25) is 0 Å². The molecule has 1 unspecified atom stereocenters. The van der Waals surface area contributed by atoms with Crippen molar-refractivity contribution in [1.29, 1.82) is 0 Å². The summed E-state index contributed by atoms with van der Waals surface area (Å²) in [7, 11) is 3.43. The van der Waals surface area contributed by atoms with Crippen molar-refractivity contribution in [1.82, 2.24) is 0 Å². The minimum absolute atomic E-state index is 0.257. The van der Waals surface area contributed by atoms with E-state index in [9.17, 15) is 0 Å². The van der Waals surface area contributed by atoms with Gasteiger partial charge in [0.2, 0.25) is 0 Å². The Hall–Kier alpha value is -1.86. The van der Waals surface area contributed by atoms with E-state index in [1.807, 2.05) is 25.1 Å². The van der Waals surface area contributed by atoms with E-state index in [2.05, 4.69) is 48.0 Å². The van der Waals surface area contributed by atoms with Crippen molar-refractivity contribution in [3.8, 4) is 11.5 Å². The molecule has 2 atom stereocenters. The van der Waals surface area contributed by atoms with E-state index >= 15 is 0 Å². The van der Waals surface area contributed by atoms with Gasteiger partial charge in [0.25, 0.3) is 0 Å². The number of hydrogen-bond donors (Lipinski definition) is 0. The van der Waals surface area contributed by atoms with E-state index in [0.717, 1.165) is 44.9 Å². The Morgan fingerprint density at radius 1 is 1.03 bits per heavy atom. The minimum Gasteiger partial charge on any atom is -0.496 e. The number of methoxy groups -OCH3 is 2. The fourth-order valence-electron chi connectivity index (χ4n) is 4.22. The van der Waals surface area contributed by atoms with Crippen LogP contribution in [0.3, 0.4) is 0 Å². The average Bonchev–Trinajstić information content (AvgIpc) is 3.12. The molecule has 32 heavy (non-hydrogen) atoms. The molecule has 0 spiro atoms. The molecule has 3 rings (SSSR count). The van der Waals surface area contributed by atoms with E-state index in [0.29, 0.717) is 31.6 Å². The fraction of sp³-hybridized carbons (Fsp3) is 0.462. The number of benzene rings is 2. The third kappa shape index (κ3) is 5.37.